The molecule has 0 radical (unpaired) electrons. The lowest BCUT2D eigenvalue weighted by molar-refractivity contribution is 0.180. The van der Waals surface area contributed by atoms with Gasteiger partial charge in [-0.25, -0.2) is 4.99 Å². The van der Waals surface area contributed by atoms with E-state index in [-0.39, 0.29) is 24.0 Å². The van der Waals surface area contributed by atoms with Gasteiger partial charge in [-0.15, -0.1) is 24.0 Å². The first kappa shape index (κ1) is 23.2. The predicted octanol–water partition coefficient (Wildman–Crippen LogP) is 2.45. The van der Waals surface area contributed by atoms with E-state index < -0.39 is 6.10 Å². The topological polar surface area (TPSA) is 83.7 Å². The molecule has 3 N–H and O–H groups in total. The Balaban J connectivity index is 0.00000364. The summed E-state index contributed by atoms with van der Waals surface area (Å²) >= 11 is 0. The van der Waals surface area contributed by atoms with E-state index in [9.17, 15) is 5.11 Å². The predicted molar refractivity (Wildman–Crippen MR) is 119 cm³/mol. The number of hydrogen-bond acceptors (Lipinski definition) is 4. The van der Waals surface area contributed by atoms with E-state index in [1.807, 2.05) is 56.8 Å². The monoisotopic (exact) mass is 487 g/mol. The van der Waals surface area contributed by atoms with Gasteiger partial charge in [0.15, 0.2) is 5.96 Å². The average molecular weight is 487 g/mol. The van der Waals surface area contributed by atoms with Crippen LogP contribution < -0.4 is 15.4 Å². The van der Waals surface area contributed by atoms with Gasteiger partial charge in [-0.2, -0.15) is 5.10 Å². The van der Waals surface area contributed by atoms with Crippen molar-refractivity contribution in [1.82, 2.24) is 20.4 Å². The van der Waals surface area contributed by atoms with Crippen molar-refractivity contribution in [3.8, 4) is 5.75 Å². The highest BCUT2D eigenvalue weighted by molar-refractivity contribution is 14.0. The van der Waals surface area contributed by atoms with Gasteiger partial charge in [-0.05, 0) is 38.5 Å². The van der Waals surface area contributed by atoms with Crippen LogP contribution in [0, 0.1) is 13.8 Å². The second kappa shape index (κ2) is 11.1. The number of aryl methyl sites for hydroxylation is 2. The molecule has 0 bridgehead atoms. The van der Waals surface area contributed by atoms with Crippen molar-refractivity contribution >= 4 is 29.9 Å². The molecule has 150 valence electrons. The summed E-state index contributed by atoms with van der Waals surface area (Å²) in [6.07, 6.45) is -0.633. The van der Waals surface area contributed by atoms with Crippen LogP contribution in [0.15, 0.2) is 29.3 Å². The molecule has 7 nitrogen and oxygen atoms in total. The van der Waals surface area contributed by atoms with E-state index in [2.05, 4.69) is 20.7 Å². The highest BCUT2D eigenvalue weighted by Crippen LogP contribution is 2.17. The normalized spacial score (nSPS) is 12.3. The molecule has 1 heterocycles. The highest BCUT2D eigenvalue weighted by atomic mass is 127. The third-order valence-corrected chi connectivity index (χ3v) is 4.36. The maximum atomic E-state index is 10.4. The van der Waals surface area contributed by atoms with Gasteiger partial charge >= 0.3 is 0 Å². The lowest BCUT2D eigenvalue weighted by atomic mass is 10.1. The molecule has 2 aromatic rings. The van der Waals surface area contributed by atoms with Crippen molar-refractivity contribution in [1.29, 1.82) is 0 Å². The summed E-state index contributed by atoms with van der Waals surface area (Å²) in [6.45, 7) is 7.69. The highest BCUT2D eigenvalue weighted by Gasteiger charge is 2.11. The number of methoxy groups -OCH3 is 1. The van der Waals surface area contributed by atoms with Crippen LogP contribution in [0.4, 0.5) is 0 Å². The molecule has 8 heteroatoms. The number of aliphatic hydroxyl groups excluding tert-OH is 1. The zero-order valence-corrected chi connectivity index (χ0v) is 18.9. The van der Waals surface area contributed by atoms with Gasteiger partial charge in [-0.1, -0.05) is 12.1 Å². The molecule has 0 aliphatic rings. The quantitative estimate of drug-likeness (QED) is 0.318. The number of guanidine groups is 1. The van der Waals surface area contributed by atoms with Gasteiger partial charge in [0.1, 0.15) is 5.75 Å². The van der Waals surface area contributed by atoms with E-state index in [4.69, 9.17) is 4.74 Å². The van der Waals surface area contributed by atoms with Crippen LogP contribution in [0.2, 0.25) is 0 Å². The second-order valence-corrected chi connectivity index (χ2v) is 6.14. The number of nitrogens with one attached hydrogen (secondary N) is 2. The summed E-state index contributed by atoms with van der Waals surface area (Å²) in [6, 6.07) is 7.40. The lowest BCUT2D eigenvalue weighted by Crippen LogP contribution is -2.39. The standard InChI is InChI=1S/C19H29N5O2.HI/c1-6-20-19(21-11-17-13(2)23-24(4)14(17)3)22-12-18(25)15-7-9-16(26-5)10-8-15;/h7-10,18,25H,6,11-12H2,1-5H3,(H2,20,21,22);1H. The largest absolute Gasteiger partial charge is 0.497 e. The van der Waals surface area contributed by atoms with E-state index >= 15 is 0 Å². The summed E-state index contributed by atoms with van der Waals surface area (Å²) in [7, 11) is 3.56. The number of nitrogens with zero attached hydrogens (tertiary/aromatic N) is 3. The number of halogens is 1. The van der Waals surface area contributed by atoms with Crippen molar-refractivity contribution in [3.05, 3.63) is 46.8 Å². The fourth-order valence-electron chi connectivity index (χ4n) is 2.68. The number of aliphatic hydroxyl groups is 1. The Morgan fingerprint density at radius 2 is 1.93 bits per heavy atom. The minimum Gasteiger partial charge on any atom is -0.497 e. The van der Waals surface area contributed by atoms with E-state index in [0.717, 1.165) is 34.8 Å². The van der Waals surface area contributed by atoms with Crippen molar-refractivity contribution < 1.29 is 9.84 Å². The van der Waals surface area contributed by atoms with Gasteiger partial charge in [-0.3, -0.25) is 4.68 Å². The summed E-state index contributed by atoms with van der Waals surface area (Å²) < 4.78 is 7.01. The molecule has 1 unspecified atom stereocenters. The molecule has 0 saturated heterocycles. The Labute approximate surface area is 178 Å². The maximum Gasteiger partial charge on any atom is 0.191 e. The Hall–Kier alpha value is -1.81. The van der Waals surface area contributed by atoms with Crippen molar-refractivity contribution in [3.63, 3.8) is 0 Å². The van der Waals surface area contributed by atoms with Crippen LogP contribution in [0.3, 0.4) is 0 Å². The summed E-state index contributed by atoms with van der Waals surface area (Å²) in [5.41, 5.74) is 4.05. The molecule has 0 fully saturated rings. The molecule has 0 saturated carbocycles. The molecule has 0 amide bonds. The maximum absolute atomic E-state index is 10.4. The minimum atomic E-state index is -0.633. The molecule has 0 spiro atoms. The first-order valence-corrected chi connectivity index (χ1v) is 8.79. The first-order chi connectivity index (χ1) is 12.5. The Kier molecular flexibility index (Phi) is 9.57. The van der Waals surface area contributed by atoms with E-state index in [1.54, 1.807) is 7.11 Å². The van der Waals surface area contributed by atoms with Gasteiger partial charge in [0.05, 0.1) is 25.5 Å². The van der Waals surface area contributed by atoms with Crippen LogP contribution >= 0.6 is 24.0 Å². The zero-order chi connectivity index (χ0) is 19.1. The third-order valence-electron chi connectivity index (χ3n) is 4.36. The van der Waals surface area contributed by atoms with Crippen LogP contribution in [0.1, 0.15) is 35.5 Å². The second-order valence-electron chi connectivity index (χ2n) is 6.14. The molecule has 0 aliphatic heterocycles. The van der Waals surface area contributed by atoms with Gasteiger partial charge in [0.25, 0.3) is 0 Å². The molecular weight excluding hydrogens is 457 g/mol. The lowest BCUT2D eigenvalue weighted by Gasteiger charge is -2.16. The molecular formula is C19H30IN5O2. The molecule has 0 aliphatic carbocycles. The molecule has 1 atom stereocenters. The van der Waals surface area contributed by atoms with Crippen LogP contribution in [0.25, 0.3) is 0 Å². The number of ether oxygens (including phenoxy) is 1. The third kappa shape index (κ3) is 6.39. The minimum absolute atomic E-state index is 0. The first-order valence-electron chi connectivity index (χ1n) is 8.79. The summed E-state index contributed by atoms with van der Waals surface area (Å²) in [4.78, 5) is 4.62. The number of aliphatic imine (C=N–C) groups is 1. The number of benzene rings is 1. The Morgan fingerprint density at radius 3 is 2.44 bits per heavy atom. The fourth-order valence-corrected chi connectivity index (χ4v) is 2.68. The SMILES string of the molecule is CCNC(=NCc1c(C)nn(C)c1C)NCC(O)c1ccc(OC)cc1.I. The Bertz CT molecular complexity index is 743. The van der Waals surface area contributed by atoms with Crippen molar-refractivity contribution in [2.75, 3.05) is 20.2 Å². The fraction of sp³-hybridized carbons (Fsp3) is 0.474. The van der Waals surface area contributed by atoms with Crippen molar-refractivity contribution in [2.24, 2.45) is 12.0 Å². The molecule has 1 aromatic heterocycles. The summed E-state index contributed by atoms with van der Waals surface area (Å²) in [5, 5.41) is 21.2. The van der Waals surface area contributed by atoms with Crippen molar-refractivity contribution in [2.45, 2.75) is 33.4 Å². The van der Waals surface area contributed by atoms with Crippen LogP contribution in [0.5, 0.6) is 5.75 Å². The molecule has 1 aromatic carbocycles. The van der Waals surface area contributed by atoms with E-state index in [0.29, 0.717) is 19.0 Å². The molecule has 2 rings (SSSR count). The average Bonchev–Trinajstić information content (AvgIpc) is 2.89. The number of aromatic nitrogens is 2. The van der Waals surface area contributed by atoms with E-state index in [1.165, 1.54) is 0 Å². The number of rotatable bonds is 7. The van der Waals surface area contributed by atoms with Gasteiger partial charge in [0, 0.05) is 31.4 Å². The number of hydrogen-bond donors (Lipinski definition) is 3. The summed E-state index contributed by atoms with van der Waals surface area (Å²) in [5.74, 6) is 1.44. The van der Waals surface area contributed by atoms with Gasteiger partial charge in [0.2, 0.25) is 0 Å². The van der Waals surface area contributed by atoms with Gasteiger partial charge < -0.3 is 20.5 Å². The Morgan fingerprint density at radius 1 is 1.26 bits per heavy atom. The molecule has 27 heavy (non-hydrogen) atoms. The van der Waals surface area contributed by atoms with Crippen LogP contribution in [-0.2, 0) is 13.6 Å². The zero-order valence-electron chi connectivity index (χ0n) is 16.6. The smallest absolute Gasteiger partial charge is 0.191 e. The van der Waals surface area contributed by atoms with Crippen LogP contribution in [-0.4, -0.2) is 41.0 Å².